The van der Waals surface area contributed by atoms with Gasteiger partial charge in [-0.15, -0.1) is 12.1 Å². The van der Waals surface area contributed by atoms with Gasteiger partial charge in [0.05, 0.1) is 0 Å². The van der Waals surface area contributed by atoms with Gasteiger partial charge in [-0.05, 0) is 0 Å². The van der Waals surface area contributed by atoms with Crippen LogP contribution in [0.1, 0.15) is 26.7 Å². The van der Waals surface area contributed by atoms with Gasteiger partial charge >= 0.3 is 26.2 Å². The topological polar surface area (TPSA) is 42.3 Å². The summed E-state index contributed by atoms with van der Waals surface area (Å²) in [5.74, 6) is 0. The van der Waals surface area contributed by atoms with Crippen LogP contribution in [0.3, 0.4) is 0 Å². The summed E-state index contributed by atoms with van der Waals surface area (Å²) in [4.78, 5) is 0. The van der Waals surface area contributed by atoms with E-state index in [-0.39, 0.29) is 33.6 Å². The molecule has 0 aromatic heterocycles. The van der Waals surface area contributed by atoms with Crippen molar-refractivity contribution in [2.75, 3.05) is 28.2 Å². The summed E-state index contributed by atoms with van der Waals surface area (Å²) < 4.78 is 0. The van der Waals surface area contributed by atoms with E-state index in [1.807, 2.05) is 0 Å². The first-order valence-electron chi connectivity index (χ1n) is 4.78. The van der Waals surface area contributed by atoms with E-state index in [4.69, 9.17) is 0 Å². The van der Waals surface area contributed by atoms with Crippen LogP contribution in [-0.2, 0) is 26.2 Å². The standard InChI is InChI=1S/C6H12N.2C2H6N.CH3.Zr/c1-5-3-4-6(2)7-5;2*1-3-2;;/h5-6H,3-4H2,1-2H3;2*1-2H3;1H3;/q4*-1;+4. The van der Waals surface area contributed by atoms with Crippen molar-refractivity contribution in [1.82, 2.24) is 0 Å². The van der Waals surface area contributed by atoms with E-state index in [9.17, 15) is 0 Å². The predicted molar refractivity (Wildman–Crippen MR) is 68.3 cm³/mol. The van der Waals surface area contributed by atoms with Gasteiger partial charge < -0.3 is 23.4 Å². The van der Waals surface area contributed by atoms with E-state index < -0.39 is 0 Å². The molecule has 1 fully saturated rings. The minimum atomic E-state index is 0. The van der Waals surface area contributed by atoms with Gasteiger partial charge in [0.1, 0.15) is 0 Å². The van der Waals surface area contributed by atoms with Gasteiger partial charge in [0.15, 0.2) is 0 Å². The molecule has 1 aliphatic heterocycles. The van der Waals surface area contributed by atoms with Crippen LogP contribution < -0.4 is 0 Å². The van der Waals surface area contributed by atoms with Crippen LogP contribution in [0.25, 0.3) is 16.0 Å². The maximum atomic E-state index is 4.39. The third-order valence-electron chi connectivity index (χ3n) is 1.51. The first kappa shape index (κ1) is 24.8. The van der Waals surface area contributed by atoms with E-state index in [1.165, 1.54) is 12.8 Å². The fraction of sp³-hybridized carbons (Fsp3) is 0.909. The van der Waals surface area contributed by atoms with Gasteiger partial charge in [-0.3, -0.25) is 0 Å². The third-order valence-corrected chi connectivity index (χ3v) is 1.51. The molecule has 90 valence electrons. The molecule has 1 saturated heterocycles. The molecule has 1 rings (SSSR count). The molecular weight excluding hydrogens is 265 g/mol. The summed E-state index contributed by atoms with van der Waals surface area (Å²) in [6, 6.07) is 1.30. The molecule has 4 heteroatoms. The Labute approximate surface area is 116 Å². The summed E-state index contributed by atoms with van der Waals surface area (Å²) in [6.45, 7) is 4.37. The fourth-order valence-corrected chi connectivity index (χ4v) is 1.07. The maximum Gasteiger partial charge on any atom is 4.00 e. The fourth-order valence-electron chi connectivity index (χ4n) is 1.07. The van der Waals surface area contributed by atoms with E-state index >= 15 is 0 Å². The van der Waals surface area contributed by atoms with E-state index in [0.717, 1.165) is 0 Å². The first-order chi connectivity index (χ1) is 6.12. The van der Waals surface area contributed by atoms with Crippen molar-refractivity contribution < 1.29 is 26.2 Å². The minimum Gasteiger partial charge on any atom is -0.668 e. The molecule has 3 nitrogen and oxygen atoms in total. The van der Waals surface area contributed by atoms with Gasteiger partial charge in [0.2, 0.25) is 0 Å². The quantitative estimate of drug-likeness (QED) is 0.612. The van der Waals surface area contributed by atoms with Crippen molar-refractivity contribution in [3.05, 3.63) is 23.4 Å². The molecule has 0 bridgehead atoms. The molecule has 0 N–H and O–H groups in total. The smallest absolute Gasteiger partial charge is 0.668 e. The van der Waals surface area contributed by atoms with Crippen LogP contribution >= 0.6 is 0 Å². The van der Waals surface area contributed by atoms with Crippen LogP contribution in [0.2, 0.25) is 0 Å². The largest absolute Gasteiger partial charge is 4.00 e. The Morgan fingerprint density at radius 2 is 1.07 bits per heavy atom. The molecule has 1 heterocycles. The molecule has 0 aromatic rings. The van der Waals surface area contributed by atoms with Crippen molar-refractivity contribution in [1.29, 1.82) is 0 Å². The van der Waals surface area contributed by atoms with Crippen LogP contribution in [0.15, 0.2) is 0 Å². The average molecular weight is 293 g/mol. The van der Waals surface area contributed by atoms with Gasteiger partial charge in [-0.1, -0.05) is 26.7 Å². The number of nitrogens with zero attached hydrogens (tertiary/aromatic N) is 3. The summed E-state index contributed by atoms with van der Waals surface area (Å²) in [6.07, 6.45) is 2.61. The molecule has 0 radical (unpaired) electrons. The SMILES string of the molecule is CC1CCC(C)[N-]1.C[N-]C.C[N-]C.[CH3-].[Zr+4]. The monoisotopic (exact) mass is 291 g/mol. The minimum absolute atomic E-state index is 0. The van der Waals surface area contributed by atoms with Gasteiger partial charge in [-0.25, -0.2) is 0 Å². The second-order valence-corrected chi connectivity index (χ2v) is 3.32. The molecule has 1 aliphatic rings. The first-order valence-corrected chi connectivity index (χ1v) is 4.78. The zero-order valence-corrected chi connectivity index (χ0v) is 13.9. The Bertz CT molecular complexity index is 81.9. The molecular formula is C11H27N3Zr. The van der Waals surface area contributed by atoms with Gasteiger partial charge in [0, 0.05) is 0 Å². The summed E-state index contributed by atoms with van der Waals surface area (Å²) in [7, 11) is 7.00. The molecule has 15 heavy (non-hydrogen) atoms. The Kier molecular flexibility index (Phi) is 33.5. The summed E-state index contributed by atoms with van der Waals surface area (Å²) in [5, 5.41) is 11.4. The second-order valence-electron chi connectivity index (χ2n) is 3.32. The van der Waals surface area contributed by atoms with Crippen molar-refractivity contribution in [3.63, 3.8) is 0 Å². The Hall–Kier alpha value is 0.763. The van der Waals surface area contributed by atoms with Gasteiger partial charge in [-0.2, -0.15) is 28.2 Å². The summed E-state index contributed by atoms with van der Waals surface area (Å²) >= 11 is 0. The second kappa shape index (κ2) is 20.2. The van der Waals surface area contributed by atoms with E-state index in [2.05, 4.69) is 29.8 Å². The molecule has 2 atom stereocenters. The molecule has 0 aliphatic carbocycles. The zero-order chi connectivity index (χ0) is 10.7. The van der Waals surface area contributed by atoms with E-state index in [1.54, 1.807) is 28.2 Å². The molecule has 0 spiro atoms. The molecule has 2 unspecified atom stereocenters. The van der Waals surface area contributed by atoms with Crippen molar-refractivity contribution in [2.24, 2.45) is 0 Å². The summed E-state index contributed by atoms with van der Waals surface area (Å²) in [5.41, 5.74) is 0. The van der Waals surface area contributed by atoms with Gasteiger partial charge in [0.25, 0.3) is 0 Å². The van der Waals surface area contributed by atoms with Crippen LogP contribution in [0, 0.1) is 7.43 Å². The number of rotatable bonds is 0. The Morgan fingerprint density at radius 3 is 1.13 bits per heavy atom. The van der Waals surface area contributed by atoms with Crippen molar-refractivity contribution in [2.45, 2.75) is 38.8 Å². The molecule has 0 aromatic carbocycles. The van der Waals surface area contributed by atoms with Crippen molar-refractivity contribution in [3.8, 4) is 0 Å². The Morgan fingerprint density at radius 1 is 0.867 bits per heavy atom. The van der Waals surface area contributed by atoms with Crippen LogP contribution in [0.5, 0.6) is 0 Å². The van der Waals surface area contributed by atoms with Crippen molar-refractivity contribution >= 4 is 0 Å². The van der Waals surface area contributed by atoms with E-state index in [0.29, 0.717) is 12.1 Å². The maximum absolute atomic E-state index is 4.39. The normalized spacial score (nSPS) is 22.0. The zero-order valence-electron chi connectivity index (χ0n) is 11.4. The predicted octanol–water partition coefficient (Wildman–Crippen LogP) is 3.62. The van der Waals surface area contributed by atoms with Crippen LogP contribution in [-0.4, -0.2) is 40.3 Å². The van der Waals surface area contributed by atoms with Crippen LogP contribution in [0.4, 0.5) is 0 Å². The number of hydrogen-bond acceptors (Lipinski definition) is 0. The Balaban J connectivity index is -0.0000000665. The molecule has 0 amide bonds. The third kappa shape index (κ3) is 25.2. The average Bonchev–Trinajstić information content (AvgIpc) is 2.38. The molecule has 0 saturated carbocycles. The number of hydrogen-bond donors (Lipinski definition) is 0.